The van der Waals surface area contributed by atoms with Crippen molar-refractivity contribution in [3.8, 4) is 5.75 Å². The highest BCUT2D eigenvalue weighted by Gasteiger charge is 2.18. The second kappa shape index (κ2) is 8.08. The molecule has 2 aromatic rings. The van der Waals surface area contributed by atoms with Gasteiger partial charge in [-0.1, -0.05) is 59.9 Å². The van der Waals surface area contributed by atoms with Gasteiger partial charge in [0.25, 0.3) is 5.69 Å². The van der Waals surface area contributed by atoms with Crippen molar-refractivity contribution < 1.29 is 9.66 Å². The molecule has 0 spiro atoms. The molecule has 0 fully saturated rings. The Bertz CT molecular complexity index is 631. The summed E-state index contributed by atoms with van der Waals surface area (Å²) in [6, 6.07) is 14.1. The highest BCUT2D eigenvalue weighted by atomic mass is 79.9. The van der Waals surface area contributed by atoms with Gasteiger partial charge >= 0.3 is 0 Å². The molecule has 0 unspecified atom stereocenters. The molecule has 22 heavy (non-hydrogen) atoms. The number of rotatable bonds is 6. The van der Waals surface area contributed by atoms with E-state index in [4.69, 9.17) is 4.74 Å². The Hall–Kier alpha value is -0.920. The average molecular weight is 494 g/mol. The molecule has 0 N–H and O–H groups in total. The summed E-state index contributed by atoms with van der Waals surface area (Å²) in [5, 5.41) is 10.6. The summed E-state index contributed by atoms with van der Waals surface area (Å²) in [5.74, 6) is 0.602. The third kappa shape index (κ3) is 4.79. The second-order valence-electron chi connectivity index (χ2n) is 4.53. The Morgan fingerprint density at radius 1 is 1.05 bits per heavy atom. The fraction of sp³-hybridized carbons (Fsp3) is 0.200. The largest absolute Gasteiger partial charge is 0.492 e. The van der Waals surface area contributed by atoms with E-state index < -0.39 is 4.92 Å². The number of nitro benzene ring substituents is 1. The molecule has 0 radical (unpaired) electrons. The van der Waals surface area contributed by atoms with Crippen LogP contribution in [-0.4, -0.2) is 16.4 Å². The van der Waals surface area contributed by atoms with E-state index in [1.54, 1.807) is 12.1 Å². The molecule has 0 aliphatic carbocycles. The van der Waals surface area contributed by atoms with Gasteiger partial charge in [-0.3, -0.25) is 10.1 Å². The van der Waals surface area contributed by atoms with Crippen LogP contribution in [0.3, 0.4) is 0 Å². The van der Waals surface area contributed by atoms with Crippen molar-refractivity contribution >= 4 is 53.5 Å². The predicted molar refractivity (Wildman–Crippen MR) is 97.1 cm³/mol. The zero-order valence-electron chi connectivity index (χ0n) is 11.3. The summed E-state index contributed by atoms with van der Waals surface area (Å²) < 4.78 is 6.69. The van der Waals surface area contributed by atoms with E-state index in [2.05, 4.69) is 47.8 Å². The lowest BCUT2D eigenvalue weighted by molar-refractivity contribution is -0.384. The van der Waals surface area contributed by atoms with Crippen molar-refractivity contribution in [2.75, 3.05) is 6.61 Å². The van der Waals surface area contributed by atoms with Gasteiger partial charge < -0.3 is 4.74 Å². The molecule has 0 aromatic heterocycles. The molecular formula is C15H12Br3NO3. The van der Waals surface area contributed by atoms with Gasteiger partial charge in [0.05, 0.1) is 14.6 Å². The first-order valence-corrected chi connectivity index (χ1v) is 9.00. The van der Waals surface area contributed by atoms with Gasteiger partial charge in [-0.15, -0.1) is 0 Å². The van der Waals surface area contributed by atoms with E-state index in [1.165, 1.54) is 12.1 Å². The van der Waals surface area contributed by atoms with E-state index in [1.807, 2.05) is 24.3 Å². The Morgan fingerprint density at radius 2 is 1.64 bits per heavy atom. The summed E-state index contributed by atoms with van der Waals surface area (Å²) in [6.07, 6.45) is 0. The van der Waals surface area contributed by atoms with Gasteiger partial charge in [0, 0.05) is 16.6 Å². The van der Waals surface area contributed by atoms with E-state index in [9.17, 15) is 10.1 Å². The molecule has 0 aliphatic heterocycles. The molecule has 0 heterocycles. The average Bonchev–Trinajstić information content (AvgIpc) is 2.53. The van der Waals surface area contributed by atoms with Crippen molar-refractivity contribution in [3.63, 3.8) is 0 Å². The Balaban J connectivity index is 1.92. The predicted octanol–water partition coefficient (Wildman–Crippen LogP) is 5.64. The van der Waals surface area contributed by atoms with Gasteiger partial charge in [0.15, 0.2) is 0 Å². The molecule has 2 rings (SSSR count). The summed E-state index contributed by atoms with van der Waals surface area (Å²) in [6.45, 7) is 0.434. The van der Waals surface area contributed by atoms with Gasteiger partial charge in [-0.05, 0) is 29.8 Å². The lowest BCUT2D eigenvalue weighted by atomic mass is 10.1. The monoisotopic (exact) mass is 491 g/mol. The van der Waals surface area contributed by atoms with Crippen molar-refractivity contribution in [2.45, 2.75) is 9.65 Å². The maximum absolute atomic E-state index is 10.6. The van der Waals surface area contributed by atoms with E-state index in [0.29, 0.717) is 12.4 Å². The number of non-ortho nitro benzene ring substituents is 1. The number of nitro groups is 1. The molecule has 2 aromatic carbocycles. The van der Waals surface area contributed by atoms with Crippen molar-refractivity contribution in [3.05, 3.63) is 68.7 Å². The van der Waals surface area contributed by atoms with Crippen LogP contribution in [0.25, 0.3) is 0 Å². The van der Waals surface area contributed by atoms with Crippen LogP contribution in [-0.2, 0) is 0 Å². The van der Waals surface area contributed by atoms with Crippen molar-refractivity contribution in [2.24, 2.45) is 0 Å². The third-order valence-electron chi connectivity index (χ3n) is 2.96. The number of ether oxygens (including phenoxy) is 1. The maximum atomic E-state index is 10.6. The molecule has 0 amide bonds. The number of nitrogens with zero attached hydrogens (tertiary/aromatic N) is 1. The van der Waals surface area contributed by atoms with Crippen LogP contribution in [0.5, 0.6) is 5.75 Å². The highest BCUT2D eigenvalue weighted by Crippen LogP contribution is 2.32. The Kier molecular flexibility index (Phi) is 6.40. The molecule has 7 heteroatoms. The molecule has 0 bridgehead atoms. The first-order chi connectivity index (χ1) is 10.5. The minimum atomic E-state index is -0.431. The minimum absolute atomic E-state index is 0.0518. The SMILES string of the molecule is O=[N+]([O-])c1ccc(OC[C@H](Br)[C@@H](Br)c2ccc(Br)cc2)cc1. The lowest BCUT2D eigenvalue weighted by Gasteiger charge is -2.18. The second-order valence-corrected chi connectivity index (χ2v) is 7.61. The van der Waals surface area contributed by atoms with Crippen LogP contribution in [0, 0.1) is 10.1 Å². The van der Waals surface area contributed by atoms with Crippen LogP contribution in [0.1, 0.15) is 10.4 Å². The summed E-state index contributed by atoms with van der Waals surface area (Å²) >= 11 is 10.7. The molecule has 0 saturated carbocycles. The van der Waals surface area contributed by atoms with Gasteiger partial charge in [0.1, 0.15) is 12.4 Å². The first-order valence-electron chi connectivity index (χ1n) is 6.38. The Morgan fingerprint density at radius 3 is 2.18 bits per heavy atom. The summed E-state index contributed by atoms with van der Waals surface area (Å²) in [7, 11) is 0. The molecule has 116 valence electrons. The summed E-state index contributed by atoms with van der Waals surface area (Å²) in [5.41, 5.74) is 1.19. The van der Waals surface area contributed by atoms with Crippen LogP contribution >= 0.6 is 47.8 Å². The highest BCUT2D eigenvalue weighted by molar-refractivity contribution is 9.12. The van der Waals surface area contributed by atoms with Crippen molar-refractivity contribution in [1.82, 2.24) is 0 Å². The third-order valence-corrected chi connectivity index (χ3v) is 6.16. The fourth-order valence-electron chi connectivity index (χ4n) is 1.78. The van der Waals surface area contributed by atoms with Crippen LogP contribution in [0.15, 0.2) is 53.0 Å². The number of benzene rings is 2. The van der Waals surface area contributed by atoms with Gasteiger partial charge in [0.2, 0.25) is 0 Å². The van der Waals surface area contributed by atoms with Gasteiger partial charge in [-0.2, -0.15) is 0 Å². The van der Waals surface area contributed by atoms with E-state index >= 15 is 0 Å². The standard InChI is InChI=1S/C15H12Br3NO3/c16-11-3-1-10(2-4-11)15(18)14(17)9-22-13-7-5-12(6-8-13)19(20)21/h1-8,14-15H,9H2/t14-,15-/m0/s1. The smallest absolute Gasteiger partial charge is 0.269 e. The van der Waals surface area contributed by atoms with Crippen LogP contribution < -0.4 is 4.74 Å². The lowest BCUT2D eigenvalue weighted by Crippen LogP contribution is -2.16. The Labute approximate surface area is 153 Å². The number of halogens is 3. The number of hydrogen-bond donors (Lipinski definition) is 0. The first kappa shape index (κ1) is 17.4. The maximum Gasteiger partial charge on any atom is 0.269 e. The van der Waals surface area contributed by atoms with E-state index in [0.717, 1.165) is 10.0 Å². The zero-order chi connectivity index (χ0) is 16.1. The molecule has 4 nitrogen and oxygen atoms in total. The number of hydrogen-bond acceptors (Lipinski definition) is 3. The topological polar surface area (TPSA) is 52.4 Å². The normalized spacial score (nSPS) is 13.4. The molecule has 0 saturated heterocycles. The van der Waals surface area contributed by atoms with Crippen molar-refractivity contribution in [1.29, 1.82) is 0 Å². The van der Waals surface area contributed by atoms with Gasteiger partial charge in [-0.25, -0.2) is 0 Å². The van der Waals surface area contributed by atoms with Crippen LogP contribution in [0.4, 0.5) is 5.69 Å². The fourth-order valence-corrected chi connectivity index (χ4v) is 2.94. The summed E-state index contributed by atoms with van der Waals surface area (Å²) in [4.78, 5) is 10.3. The minimum Gasteiger partial charge on any atom is -0.492 e. The molecular weight excluding hydrogens is 482 g/mol. The number of alkyl halides is 2. The van der Waals surface area contributed by atoms with Crippen LogP contribution in [0.2, 0.25) is 0 Å². The van der Waals surface area contributed by atoms with E-state index in [-0.39, 0.29) is 15.3 Å². The molecule has 0 aliphatic rings. The quantitative estimate of drug-likeness (QED) is 0.297. The zero-order valence-corrected chi connectivity index (χ0v) is 16.0. The molecule has 2 atom stereocenters.